The van der Waals surface area contributed by atoms with Crippen LogP contribution in [0.15, 0.2) is 29.3 Å². The summed E-state index contributed by atoms with van der Waals surface area (Å²) >= 11 is 0. The Balaban J connectivity index is 0.00000264. The maximum atomic E-state index is 4.80. The molecule has 1 fully saturated rings. The third-order valence-corrected chi connectivity index (χ3v) is 4.15. The van der Waals surface area contributed by atoms with Crippen molar-refractivity contribution in [3.8, 4) is 0 Å². The number of hydrogen-bond acceptors (Lipinski definition) is 2. The summed E-state index contributed by atoms with van der Waals surface area (Å²) in [6.45, 7) is 11.3. The summed E-state index contributed by atoms with van der Waals surface area (Å²) in [7, 11) is 0. The van der Waals surface area contributed by atoms with E-state index in [9.17, 15) is 0 Å². The van der Waals surface area contributed by atoms with Crippen LogP contribution in [-0.4, -0.2) is 43.6 Å². The molecule has 2 N–H and O–H groups in total. The second-order valence-electron chi connectivity index (χ2n) is 5.92. The van der Waals surface area contributed by atoms with Gasteiger partial charge < -0.3 is 10.6 Å². The van der Waals surface area contributed by atoms with Crippen LogP contribution in [0.4, 0.5) is 0 Å². The molecule has 0 radical (unpaired) electrons. The highest BCUT2D eigenvalue weighted by Crippen LogP contribution is 2.25. The largest absolute Gasteiger partial charge is 0.357 e. The molecule has 23 heavy (non-hydrogen) atoms. The van der Waals surface area contributed by atoms with Gasteiger partial charge in [0.2, 0.25) is 0 Å². The lowest BCUT2D eigenvalue weighted by Gasteiger charge is -2.27. The Hall–Kier alpha value is -0.820. The molecule has 0 amide bonds. The minimum absolute atomic E-state index is 0. The Kier molecular flexibility index (Phi) is 9.55. The number of hydrogen-bond donors (Lipinski definition) is 2. The van der Waals surface area contributed by atoms with Gasteiger partial charge in [-0.25, -0.2) is 0 Å². The zero-order valence-electron chi connectivity index (χ0n) is 14.6. The molecule has 1 atom stereocenters. The maximum absolute atomic E-state index is 4.80. The van der Waals surface area contributed by atoms with E-state index in [1.807, 2.05) is 0 Å². The van der Waals surface area contributed by atoms with Crippen molar-refractivity contribution in [2.75, 3.05) is 32.7 Å². The van der Waals surface area contributed by atoms with Crippen LogP contribution in [0.5, 0.6) is 0 Å². The van der Waals surface area contributed by atoms with Crippen molar-refractivity contribution >= 4 is 29.9 Å². The van der Waals surface area contributed by atoms with E-state index < -0.39 is 0 Å². The summed E-state index contributed by atoms with van der Waals surface area (Å²) in [5, 5.41) is 6.62. The summed E-state index contributed by atoms with van der Waals surface area (Å²) in [6, 6.07) is 9.31. The van der Waals surface area contributed by atoms with E-state index in [1.165, 1.54) is 37.1 Å². The highest BCUT2D eigenvalue weighted by atomic mass is 127. The van der Waals surface area contributed by atoms with Gasteiger partial charge in [0.05, 0.1) is 12.6 Å². The first-order valence-electron chi connectivity index (χ1n) is 8.57. The van der Waals surface area contributed by atoms with Gasteiger partial charge in [-0.2, -0.15) is 0 Å². The van der Waals surface area contributed by atoms with Crippen LogP contribution >= 0.6 is 24.0 Å². The van der Waals surface area contributed by atoms with Crippen LogP contribution in [0.1, 0.15) is 43.9 Å². The molecule has 130 valence electrons. The van der Waals surface area contributed by atoms with Gasteiger partial charge in [-0.15, -0.1) is 24.0 Å². The molecule has 4 nitrogen and oxygen atoms in total. The molecule has 1 aromatic rings. The number of aliphatic imine (C=N–C) groups is 1. The third kappa shape index (κ3) is 6.30. The Morgan fingerprint density at radius 1 is 1.09 bits per heavy atom. The van der Waals surface area contributed by atoms with E-state index in [2.05, 4.69) is 60.6 Å². The van der Waals surface area contributed by atoms with Crippen molar-refractivity contribution in [2.24, 2.45) is 4.99 Å². The quantitative estimate of drug-likeness (QED) is 0.413. The molecule has 0 bridgehead atoms. The van der Waals surface area contributed by atoms with E-state index in [0.717, 1.165) is 25.6 Å². The molecule has 0 aromatic heterocycles. The first-order chi connectivity index (χ1) is 10.7. The van der Waals surface area contributed by atoms with Crippen LogP contribution in [0.25, 0.3) is 0 Å². The number of nitrogens with one attached hydrogen (secondary N) is 2. The zero-order chi connectivity index (χ0) is 15.8. The molecule has 2 rings (SSSR count). The van der Waals surface area contributed by atoms with Crippen molar-refractivity contribution in [3.63, 3.8) is 0 Å². The summed E-state index contributed by atoms with van der Waals surface area (Å²) in [6.07, 6.45) is 2.61. The van der Waals surface area contributed by atoms with E-state index >= 15 is 0 Å². The van der Waals surface area contributed by atoms with Crippen molar-refractivity contribution in [1.29, 1.82) is 0 Å². The lowest BCUT2D eigenvalue weighted by Crippen LogP contribution is -2.38. The van der Waals surface area contributed by atoms with Gasteiger partial charge in [0.15, 0.2) is 5.96 Å². The number of likely N-dealkylation sites (tertiary alicyclic amines) is 1. The van der Waals surface area contributed by atoms with E-state index in [0.29, 0.717) is 6.04 Å². The zero-order valence-corrected chi connectivity index (χ0v) is 17.0. The third-order valence-electron chi connectivity index (χ3n) is 4.15. The SMILES string of the molecule is CCNC(=NCC(c1ccc(C)cc1)N1CCCC1)NCC.I. The van der Waals surface area contributed by atoms with Crippen molar-refractivity contribution in [1.82, 2.24) is 15.5 Å². The molecule has 0 aliphatic carbocycles. The minimum atomic E-state index is 0. The topological polar surface area (TPSA) is 39.7 Å². The predicted octanol–water partition coefficient (Wildman–Crippen LogP) is 3.32. The van der Waals surface area contributed by atoms with Crippen molar-refractivity contribution < 1.29 is 0 Å². The molecule has 1 aliphatic rings. The molecule has 1 aliphatic heterocycles. The molecule has 1 unspecified atom stereocenters. The standard InChI is InChI=1S/C18H30N4.HI/c1-4-19-18(20-5-2)21-14-17(22-12-6-7-13-22)16-10-8-15(3)9-11-16;/h8-11,17H,4-7,12-14H2,1-3H3,(H2,19,20,21);1H. The van der Waals surface area contributed by atoms with Gasteiger partial charge in [0.1, 0.15) is 0 Å². The fourth-order valence-electron chi connectivity index (χ4n) is 2.96. The molecule has 1 saturated heterocycles. The smallest absolute Gasteiger partial charge is 0.191 e. The number of benzene rings is 1. The molecule has 1 aromatic carbocycles. The van der Waals surface area contributed by atoms with Crippen LogP contribution in [-0.2, 0) is 0 Å². The number of rotatable bonds is 6. The fraction of sp³-hybridized carbons (Fsp3) is 0.611. The number of guanidine groups is 1. The van der Waals surface area contributed by atoms with Crippen LogP contribution in [0.2, 0.25) is 0 Å². The Bertz CT molecular complexity index is 458. The van der Waals surface area contributed by atoms with E-state index in [4.69, 9.17) is 4.99 Å². The lowest BCUT2D eigenvalue weighted by molar-refractivity contribution is 0.251. The molecule has 5 heteroatoms. The summed E-state index contributed by atoms with van der Waals surface area (Å²) in [5.41, 5.74) is 2.69. The van der Waals surface area contributed by atoms with Crippen molar-refractivity contribution in [3.05, 3.63) is 35.4 Å². The molecular weight excluding hydrogens is 399 g/mol. The lowest BCUT2D eigenvalue weighted by atomic mass is 10.0. The summed E-state index contributed by atoms with van der Waals surface area (Å²) < 4.78 is 0. The highest BCUT2D eigenvalue weighted by molar-refractivity contribution is 14.0. The van der Waals surface area contributed by atoms with Gasteiger partial charge in [-0.3, -0.25) is 9.89 Å². The van der Waals surface area contributed by atoms with Gasteiger partial charge in [0.25, 0.3) is 0 Å². The Morgan fingerprint density at radius 2 is 1.65 bits per heavy atom. The number of aryl methyl sites for hydroxylation is 1. The number of halogens is 1. The summed E-state index contributed by atoms with van der Waals surface area (Å²) in [4.78, 5) is 7.37. The van der Waals surface area contributed by atoms with Gasteiger partial charge in [-0.05, 0) is 52.3 Å². The van der Waals surface area contributed by atoms with Crippen molar-refractivity contribution in [2.45, 2.75) is 39.7 Å². The minimum Gasteiger partial charge on any atom is -0.357 e. The average Bonchev–Trinajstić information content (AvgIpc) is 3.04. The summed E-state index contributed by atoms with van der Waals surface area (Å²) in [5.74, 6) is 0.918. The van der Waals surface area contributed by atoms with Crippen LogP contribution in [0.3, 0.4) is 0 Å². The second kappa shape index (κ2) is 10.9. The molecule has 0 saturated carbocycles. The predicted molar refractivity (Wildman–Crippen MR) is 110 cm³/mol. The second-order valence-corrected chi connectivity index (χ2v) is 5.92. The fourth-order valence-corrected chi connectivity index (χ4v) is 2.96. The van der Waals surface area contributed by atoms with Gasteiger partial charge in [-0.1, -0.05) is 29.8 Å². The first kappa shape index (κ1) is 20.2. The maximum Gasteiger partial charge on any atom is 0.191 e. The van der Waals surface area contributed by atoms with Crippen LogP contribution < -0.4 is 10.6 Å². The highest BCUT2D eigenvalue weighted by Gasteiger charge is 2.23. The Morgan fingerprint density at radius 3 is 2.17 bits per heavy atom. The normalized spacial score (nSPS) is 15.6. The molecule has 1 heterocycles. The monoisotopic (exact) mass is 430 g/mol. The van der Waals surface area contributed by atoms with E-state index in [1.54, 1.807) is 0 Å². The van der Waals surface area contributed by atoms with E-state index in [-0.39, 0.29) is 24.0 Å². The Labute approximate surface area is 158 Å². The molecule has 0 spiro atoms. The van der Waals surface area contributed by atoms with Gasteiger partial charge in [0, 0.05) is 13.1 Å². The van der Waals surface area contributed by atoms with Gasteiger partial charge >= 0.3 is 0 Å². The first-order valence-corrected chi connectivity index (χ1v) is 8.57. The average molecular weight is 430 g/mol. The molecular formula is C18H31IN4. The van der Waals surface area contributed by atoms with Crippen LogP contribution in [0, 0.1) is 6.92 Å². The number of nitrogens with zero attached hydrogens (tertiary/aromatic N) is 2.